The molecule has 0 spiro atoms. The normalized spacial score (nSPS) is 19.1. The number of likely N-dealkylation sites (tertiary alicyclic amines) is 1. The maximum atomic E-state index is 11.9. The number of amides is 3. The lowest BCUT2D eigenvalue weighted by atomic mass is 10.1. The van der Waals surface area contributed by atoms with Crippen molar-refractivity contribution in [1.82, 2.24) is 10.6 Å². The molecule has 3 N–H and O–H groups in total. The van der Waals surface area contributed by atoms with E-state index in [9.17, 15) is 9.59 Å². The van der Waals surface area contributed by atoms with Gasteiger partial charge in [0.25, 0.3) is 5.91 Å². The average Bonchev–Trinajstić information content (AvgIpc) is 2.26. The van der Waals surface area contributed by atoms with E-state index in [-0.39, 0.29) is 17.5 Å². The summed E-state index contributed by atoms with van der Waals surface area (Å²) in [5.74, 6) is -0.186. The Bertz CT molecular complexity index is 304. The minimum Gasteiger partial charge on any atom is -0.333 e. The molecule has 0 unspecified atom stereocenters. The van der Waals surface area contributed by atoms with Crippen LogP contribution >= 0.6 is 0 Å². The first-order valence-electron chi connectivity index (χ1n) is 6.77. The highest BCUT2D eigenvalue weighted by Gasteiger charge is 2.28. The van der Waals surface area contributed by atoms with Gasteiger partial charge in [-0.3, -0.25) is 10.1 Å². The number of piperidine rings is 1. The van der Waals surface area contributed by atoms with Crippen molar-refractivity contribution in [2.45, 2.75) is 58.5 Å². The van der Waals surface area contributed by atoms with Crippen LogP contribution in [0, 0.1) is 0 Å². The Morgan fingerprint density at radius 3 is 2.17 bits per heavy atom. The molecule has 104 valence electrons. The Hall–Kier alpha value is -1.10. The second-order valence-corrected chi connectivity index (χ2v) is 6.13. The molecule has 1 aliphatic rings. The third-order valence-electron chi connectivity index (χ3n) is 3.23. The third-order valence-corrected chi connectivity index (χ3v) is 3.23. The summed E-state index contributed by atoms with van der Waals surface area (Å²) in [6.45, 7) is 9.59. The fraction of sp³-hybridized carbons (Fsp3) is 0.846. The maximum Gasteiger partial charge on any atom is 0.322 e. The Kier molecular flexibility index (Phi) is 5.14. The van der Waals surface area contributed by atoms with E-state index < -0.39 is 6.03 Å². The number of hydrogen-bond acceptors (Lipinski definition) is 2. The van der Waals surface area contributed by atoms with Crippen LogP contribution < -0.4 is 15.5 Å². The molecule has 5 nitrogen and oxygen atoms in total. The minimum absolute atomic E-state index is 0.156. The van der Waals surface area contributed by atoms with Crippen molar-refractivity contribution in [3.63, 3.8) is 0 Å². The minimum atomic E-state index is -0.407. The predicted molar refractivity (Wildman–Crippen MR) is 70.4 cm³/mol. The summed E-state index contributed by atoms with van der Waals surface area (Å²) >= 11 is 0. The molecule has 0 saturated carbocycles. The summed E-state index contributed by atoms with van der Waals surface area (Å²) in [4.78, 5) is 24.8. The van der Waals surface area contributed by atoms with Crippen LogP contribution in [0.1, 0.15) is 47.0 Å². The van der Waals surface area contributed by atoms with Crippen molar-refractivity contribution < 1.29 is 14.5 Å². The average molecular weight is 256 g/mol. The molecule has 1 aliphatic heterocycles. The first-order chi connectivity index (χ1) is 8.29. The molecular weight excluding hydrogens is 230 g/mol. The van der Waals surface area contributed by atoms with E-state index in [1.807, 2.05) is 27.7 Å². The molecule has 3 amide bonds. The van der Waals surface area contributed by atoms with Gasteiger partial charge in [0.15, 0.2) is 6.04 Å². The van der Waals surface area contributed by atoms with E-state index in [4.69, 9.17) is 0 Å². The Balaban J connectivity index is 2.41. The van der Waals surface area contributed by atoms with Crippen molar-refractivity contribution in [3.05, 3.63) is 0 Å². The van der Waals surface area contributed by atoms with Gasteiger partial charge in [0, 0.05) is 5.54 Å². The van der Waals surface area contributed by atoms with Gasteiger partial charge in [0.2, 0.25) is 0 Å². The fourth-order valence-electron chi connectivity index (χ4n) is 2.22. The Morgan fingerprint density at radius 2 is 1.67 bits per heavy atom. The van der Waals surface area contributed by atoms with E-state index in [0.29, 0.717) is 0 Å². The van der Waals surface area contributed by atoms with E-state index in [2.05, 4.69) is 10.6 Å². The van der Waals surface area contributed by atoms with Crippen molar-refractivity contribution in [3.8, 4) is 0 Å². The van der Waals surface area contributed by atoms with Gasteiger partial charge in [-0.1, -0.05) is 0 Å². The summed E-state index contributed by atoms with van der Waals surface area (Å²) in [5.41, 5.74) is -0.328. The SMILES string of the molecule is C[C@@H](C(=O)NC(=O)NC(C)(C)C)[NH+]1CCCCC1. The molecule has 1 fully saturated rings. The molecule has 1 heterocycles. The number of imide groups is 1. The summed E-state index contributed by atoms with van der Waals surface area (Å²) in [5, 5.41) is 5.15. The van der Waals surface area contributed by atoms with Crippen molar-refractivity contribution >= 4 is 11.9 Å². The lowest BCUT2D eigenvalue weighted by Gasteiger charge is -2.28. The Labute approximate surface area is 109 Å². The molecule has 5 heteroatoms. The first kappa shape index (κ1) is 15.0. The highest BCUT2D eigenvalue weighted by Crippen LogP contribution is 1.98. The lowest BCUT2D eigenvalue weighted by molar-refractivity contribution is -0.918. The number of carbonyl (C=O) groups excluding carboxylic acids is 2. The number of urea groups is 1. The van der Waals surface area contributed by atoms with Gasteiger partial charge >= 0.3 is 6.03 Å². The second kappa shape index (κ2) is 6.18. The van der Waals surface area contributed by atoms with E-state index >= 15 is 0 Å². The monoisotopic (exact) mass is 256 g/mol. The van der Waals surface area contributed by atoms with Crippen LogP contribution in [0.5, 0.6) is 0 Å². The molecule has 0 aromatic carbocycles. The largest absolute Gasteiger partial charge is 0.333 e. The maximum absolute atomic E-state index is 11.9. The van der Waals surface area contributed by atoms with Gasteiger partial charge in [-0.05, 0) is 47.0 Å². The highest BCUT2D eigenvalue weighted by molar-refractivity contribution is 5.96. The molecule has 1 saturated heterocycles. The second-order valence-electron chi connectivity index (χ2n) is 6.13. The van der Waals surface area contributed by atoms with Crippen LogP contribution in [0.15, 0.2) is 0 Å². The van der Waals surface area contributed by atoms with Gasteiger partial charge in [-0.25, -0.2) is 4.79 Å². The molecular formula is C13H26N3O2+. The zero-order valence-electron chi connectivity index (χ0n) is 11.9. The van der Waals surface area contributed by atoms with Crippen LogP contribution in [0.3, 0.4) is 0 Å². The summed E-state index contributed by atoms with van der Waals surface area (Å²) in [6, 6.07) is -0.563. The molecule has 18 heavy (non-hydrogen) atoms. The van der Waals surface area contributed by atoms with Crippen LogP contribution in [0.25, 0.3) is 0 Å². The van der Waals surface area contributed by atoms with E-state index in [1.165, 1.54) is 24.2 Å². The fourth-order valence-corrected chi connectivity index (χ4v) is 2.22. The van der Waals surface area contributed by atoms with Crippen LogP contribution in [0.2, 0.25) is 0 Å². The van der Waals surface area contributed by atoms with Gasteiger partial charge in [0.05, 0.1) is 13.1 Å². The van der Waals surface area contributed by atoms with Crippen molar-refractivity contribution in [2.75, 3.05) is 13.1 Å². The Morgan fingerprint density at radius 1 is 1.11 bits per heavy atom. The van der Waals surface area contributed by atoms with Gasteiger partial charge in [-0.15, -0.1) is 0 Å². The van der Waals surface area contributed by atoms with Gasteiger partial charge < -0.3 is 10.2 Å². The van der Waals surface area contributed by atoms with Crippen molar-refractivity contribution in [1.29, 1.82) is 0 Å². The third kappa shape index (κ3) is 5.04. The molecule has 0 aromatic heterocycles. The van der Waals surface area contributed by atoms with Crippen molar-refractivity contribution in [2.24, 2.45) is 0 Å². The van der Waals surface area contributed by atoms with Crippen LogP contribution in [-0.4, -0.2) is 36.6 Å². The lowest BCUT2D eigenvalue weighted by Crippen LogP contribution is -3.17. The molecule has 0 aromatic rings. The van der Waals surface area contributed by atoms with Crippen LogP contribution in [-0.2, 0) is 4.79 Å². The van der Waals surface area contributed by atoms with E-state index in [1.54, 1.807) is 0 Å². The molecule has 0 bridgehead atoms. The topological polar surface area (TPSA) is 62.6 Å². The number of rotatable bonds is 2. The van der Waals surface area contributed by atoms with Gasteiger partial charge in [0.1, 0.15) is 0 Å². The quantitative estimate of drug-likeness (QED) is 0.654. The highest BCUT2D eigenvalue weighted by atomic mass is 16.2. The predicted octanol–water partition coefficient (Wildman–Crippen LogP) is 0.0680. The number of quaternary nitrogens is 1. The number of hydrogen-bond donors (Lipinski definition) is 3. The summed E-state index contributed by atoms with van der Waals surface area (Å²) in [7, 11) is 0. The zero-order valence-corrected chi connectivity index (χ0v) is 11.9. The van der Waals surface area contributed by atoms with Crippen LogP contribution in [0.4, 0.5) is 4.79 Å². The molecule has 1 atom stereocenters. The molecule has 0 radical (unpaired) electrons. The number of carbonyl (C=O) groups is 2. The van der Waals surface area contributed by atoms with Gasteiger partial charge in [-0.2, -0.15) is 0 Å². The first-order valence-corrected chi connectivity index (χ1v) is 6.77. The number of nitrogens with one attached hydrogen (secondary N) is 3. The smallest absolute Gasteiger partial charge is 0.322 e. The summed E-state index contributed by atoms with van der Waals surface area (Å²) in [6.07, 6.45) is 3.59. The standard InChI is InChI=1S/C13H25N3O2/c1-10(16-8-6-5-7-9-16)11(17)14-12(18)15-13(2,3)4/h10H,5-9H2,1-4H3,(H2,14,15,17,18)/p+1/t10-/m0/s1. The summed E-state index contributed by atoms with van der Waals surface area (Å²) < 4.78 is 0. The van der Waals surface area contributed by atoms with E-state index in [0.717, 1.165) is 13.1 Å². The molecule has 1 rings (SSSR count). The zero-order chi connectivity index (χ0) is 13.8. The molecule has 0 aliphatic carbocycles.